The number of aromatic nitrogens is 6. The van der Waals surface area contributed by atoms with E-state index in [1.807, 2.05) is 0 Å². The van der Waals surface area contributed by atoms with Crippen LogP contribution in [-0.2, 0) is 0 Å². The zero-order chi connectivity index (χ0) is 18.6. The molecule has 4 aromatic rings. The van der Waals surface area contributed by atoms with E-state index in [0.717, 1.165) is 11.3 Å². The van der Waals surface area contributed by atoms with Crippen LogP contribution in [0.4, 0.5) is 5.13 Å². The van der Waals surface area contributed by atoms with E-state index in [4.69, 9.17) is 0 Å². The number of carbonyl (C=O) groups excluding carboxylic acids is 1. The van der Waals surface area contributed by atoms with Crippen LogP contribution in [-0.4, -0.2) is 35.9 Å². The minimum atomic E-state index is -0.462. The molecule has 0 atom stereocenters. The molecule has 0 saturated carbocycles. The highest BCUT2D eigenvalue weighted by molar-refractivity contribution is 7.16. The van der Waals surface area contributed by atoms with Crippen LogP contribution in [0.2, 0.25) is 0 Å². The van der Waals surface area contributed by atoms with Gasteiger partial charge in [0.05, 0.1) is 11.9 Å². The van der Waals surface area contributed by atoms with Crippen molar-refractivity contribution in [1.29, 1.82) is 5.26 Å². The lowest BCUT2D eigenvalue weighted by atomic mass is 10.2. The number of pyridine rings is 2. The summed E-state index contributed by atoms with van der Waals surface area (Å²) in [5, 5.41) is 20.0. The van der Waals surface area contributed by atoms with Crippen molar-refractivity contribution >= 4 is 22.4 Å². The Morgan fingerprint density at radius 3 is 2.67 bits per heavy atom. The number of carbonyl (C=O) groups is 1. The summed E-state index contributed by atoms with van der Waals surface area (Å²) in [4.78, 5) is 25.7. The van der Waals surface area contributed by atoms with Crippen LogP contribution in [0.3, 0.4) is 0 Å². The maximum absolute atomic E-state index is 12.6. The van der Waals surface area contributed by atoms with Gasteiger partial charge in [0.1, 0.15) is 16.6 Å². The first kappa shape index (κ1) is 16.5. The molecule has 0 radical (unpaired) electrons. The van der Waals surface area contributed by atoms with Crippen molar-refractivity contribution in [2.75, 3.05) is 5.32 Å². The largest absolute Gasteiger partial charge is 0.296 e. The highest BCUT2D eigenvalue weighted by Crippen LogP contribution is 2.29. The third-order valence-corrected chi connectivity index (χ3v) is 4.38. The number of thiazole rings is 1. The molecule has 0 aliphatic carbocycles. The van der Waals surface area contributed by atoms with Gasteiger partial charge in [-0.15, -0.1) is 5.10 Å². The van der Waals surface area contributed by atoms with E-state index < -0.39 is 5.91 Å². The van der Waals surface area contributed by atoms with E-state index in [-0.39, 0.29) is 10.8 Å². The Morgan fingerprint density at radius 2 is 1.96 bits per heavy atom. The van der Waals surface area contributed by atoms with Crippen LogP contribution in [0.5, 0.6) is 0 Å². The second-order valence-electron chi connectivity index (χ2n) is 5.20. The van der Waals surface area contributed by atoms with Crippen molar-refractivity contribution in [3.05, 3.63) is 65.6 Å². The minimum Gasteiger partial charge on any atom is -0.296 e. The molecule has 0 fully saturated rings. The first-order chi connectivity index (χ1) is 13.3. The molecule has 0 aliphatic heterocycles. The average molecular weight is 374 g/mol. The monoisotopic (exact) mass is 374 g/mol. The smallest absolute Gasteiger partial charge is 0.277 e. The summed E-state index contributed by atoms with van der Waals surface area (Å²) in [5.74, 6) is 0.00245. The van der Waals surface area contributed by atoms with Gasteiger partial charge in [-0.1, -0.05) is 28.7 Å². The summed E-state index contributed by atoms with van der Waals surface area (Å²) in [6.45, 7) is 0. The third-order valence-electron chi connectivity index (χ3n) is 3.50. The van der Waals surface area contributed by atoms with Crippen molar-refractivity contribution in [2.24, 2.45) is 0 Å². The highest BCUT2D eigenvalue weighted by atomic mass is 32.1. The molecule has 0 unspecified atom stereocenters. The van der Waals surface area contributed by atoms with Crippen LogP contribution in [0.1, 0.15) is 15.4 Å². The van der Waals surface area contributed by atoms with Crippen LogP contribution < -0.4 is 5.32 Å². The summed E-state index contributed by atoms with van der Waals surface area (Å²) < 4.78 is 1.33. The lowest BCUT2D eigenvalue weighted by molar-refractivity contribution is 0.101. The Kier molecular flexibility index (Phi) is 4.34. The topological polar surface area (TPSA) is 122 Å². The number of anilines is 1. The third kappa shape index (κ3) is 3.26. The Hall–Kier alpha value is -3.97. The second-order valence-corrected chi connectivity index (χ2v) is 6.20. The van der Waals surface area contributed by atoms with Crippen LogP contribution in [0, 0.1) is 11.3 Å². The van der Waals surface area contributed by atoms with Gasteiger partial charge in [-0.25, -0.2) is 9.97 Å². The number of hydrogen-bond donors (Lipinski definition) is 1. The molecule has 130 valence electrons. The van der Waals surface area contributed by atoms with Gasteiger partial charge in [-0.2, -0.15) is 9.94 Å². The van der Waals surface area contributed by atoms with Crippen molar-refractivity contribution in [3.63, 3.8) is 0 Å². The van der Waals surface area contributed by atoms with Gasteiger partial charge in [0.2, 0.25) is 0 Å². The molecule has 0 saturated heterocycles. The zero-order valence-corrected chi connectivity index (χ0v) is 14.5. The molecule has 0 aliphatic rings. The van der Waals surface area contributed by atoms with Gasteiger partial charge < -0.3 is 0 Å². The van der Waals surface area contributed by atoms with E-state index in [2.05, 4.69) is 36.7 Å². The summed E-state index contributed by atoms with van der Waals surface area (Å²) in [5.41, 5.74) is 1.18. The first-order valence-electron chi connectivity index (χ1n) is 7.72. The van der Waals surface area contributed by atoms with Crippen LogP contribution >= 0.6 is 11.3 Å². The molecule has 0 spiro atoms. The first-order valence-corrected chi connectivity index (χ1v) is 8.53. The predicted octanol–water partition coefficient (Wildman–Crippen LogP) is 2.30. The van der Waals surface area contributed by atoms with Gasteiger partial charge in [-0.3, -0.25) is 15.1 Å². The molecule has 4 rings (SSSR count). The molecule has 27 heavy (non-hydrogen) atoms. The van der Waals surface area contributed by atoms with Crippen LogP contribution in [0.15, 0.2) is 55.0 Å². The van der Waals surface area contributed by atoms with Gasteiger partial charge >= 0.3 is 0 Å². The van der Waals surface area contributed by atoms with E-state index in [0.29, 0.717) is 22.1 Å². The molecule has 1 N–H and O–H groups in total. The quantitative estimate of drug-likeness (QED) is 0.581. The molecular formula is C17H10N8OS. The summed E-state index contributed by atoms with van der Waals surface area (Å²) in [7, 11) is 0. The number of nitriles is 1. The van der Waals surface area contributed by atoms with Gasteiger partial charge in [-0.05, 0) is 24.3 Å². The van der Waals surface area contributed by atoms with E-state index in [1.54, 1.807) is 48.8 Å². The SMILES string of the molecule is N#Cc1sc(NC(=O)c2cnnn2-c2ccccn2)nc1-c1ccccn1. The molecule has 1 amide bonds. The molecule has 4 heterocycles. The Bertz CT molecular complexity index is 1130. The zero-order valence-electron chi connectivity index (χ0n) is 13.6. The molecule has 10 heteroatoms. The standard InChI is InChI=1S/C17H10N8OS/c18-9-13-15(11-5-1-3-7-19-11)22-17(27-13)23-16(26)12-10-21-24-25(12)14-6-2-4-8-20-14/h1-8,10H,(H,22,23,26). The summed E-state index contributed by atoms with van der Waals surface area (Å²) in [6.07, 6.45) is 4.55. The molecule has 4 aromatic heterocycles. The van der Waals surface area contributed by atoms with Gasteiger partial charge in [0, 0.05) is 12.4 Å². The Morgan fingerprint density at radius 1 is 1.15 bits per heavy atom. The lowest BCUT2D eigenvalue weighted by Gasteiger charge is -2.04. The number of amides is 1. The van der Waals surface area contributed by atoms with Crippen molar-refractivity contribution in [2.45, 2.75) is 0 Å². The molecule has 0 bridgehead atoms. The summed E-state index contributed by atoms with van der Waals surface area (Å²) in [6, 6.07) is 12.7. The fourth-order valence-corrected chi connectivity index (χ4v) is 3.09. The van der Waals surface area contributed by atoms with Crippen molar-refractivity contribution in [3.8, 4) is 23.3 Å². The van der Waals surface area contributed by atoms with Gasteiger partial charge in [0.25, 0.3) is 5.91 Å². The summed E-state index contributed by atoms with van der Waals surface area (Å²) >= 11 is 1.07. The van der Waals surface area contributed by atoms with Gasteiger partial charge in [0.15, 0.2) is 16.6 Å². The molecule has 0 aromatic carbocycles. The predicted molar refractivity (Wildman–Crippen MR) is 97.2 cm³/mol. The van der Waals surface area contributed by atoms with Crippen molar-refractivity contribution in [1.82, 2.24) is 29.9 Å². The highest BCUT2D eigenvalue weighted by Gasteiger charge is 2.19. The molecule has 9 nitrogen and oxygen atoms in total. The Labute approximate surface area is 157 Å². The van der Waals surface area contributed by atoms with E-state index in [9.17, 15) is 10.1 Å². The molecular weight excluding hydrogens is 364 g/mol. The maximum Gasteiger partial charge on any atom is 0.277 e. The lowest BCUT2D eigenvalue weighted by Crippen LogP contribution is -2.17. The fourth-order valence-electron chi connectivity index (χ4n) is 2.33. The van der Waals surface area contributed by atoms with E-state index in [1.165, 1.54) is 10.9 Å². The Balaban J connectivity index is 1.63. The maximum atomic E-state index is 12.6. The van der Waals surface area contributed by atoms with E-state index >= 15 is 0 Å². The normalized spacial score (nSPS) is 10.3. The number of rotatable bonds is 4. The fraction of sp³-hybridized carbons (Fsp3) is 0. The number of nitrogens with zero attached hydrogens (tertiary/aromatic N) is 7. The number of hydrogen-bond acceptors (Lipinski definition) is 8. The van der Waals surface area contributed by atoms with Crippen molar-refractivity contribution < 1.29 is 4.79 Å². The minimum absolute atomic E-state index is 0.196. The number of nitrogens with one attached hydrogen (secondary N) is 1. The van der Waals surface area contributed by atoms with Crippen LogP contribution in [0.25, 0.3) is 17.2 Å². The second kappa shape index (κ2) is 7.11. The average Bonchev–Trinajstić information content (AvgIpc) is 3.36.